The molecular weight excluding hydrogens is 222 g/mol. The second kappa shape index (κ2) is 4.09. The lowest BCUT2D eigenvalue weighted by Crippen LogP contribution is -2.03. The van der Waals surface area contributed by atoms with Crippen LogP contribution in [-0.4, -0.2) is 9.55 Å². The number of aromatic nitrogens is 2. The lowest BCUT2D eigenvalue weighted by molar-refractivity contribution is 0.493. The first kappa shape index (κ1) is 12.0. The first-order valence-electron chi connectivity index (χ1n) is 5.78. The Hall–Kier alpha value is -1.45. The van der Waals surface area contributed by atoms with Gasteiger partial charge in [-0.15, -0.1) is 0 Å². The van der Waals surface area contributed by atoms with Crippen molar-refractivity contribution in [3.05, 3.63) is 29.6 Å². The van der Waals surface area contributed by atoms with Crippen LogP contribution in [0.15, 0.2) is 12.4 Å². The maximum absolute atomic E-state index is 14.0. The summed E-state index contributed by atoms with van der Waals surface area (Å²) in [7, 11) is 0. The van der Waals surface area contributed by atoms with Crippen LogP contribution in [0, 0.1) is 11.6 Å². The summed E-state index contributed by atoms with van der Waals surface area (Å²) in [6, 6.07) is 1.69. The summed E-state index contributed by atoms with van der Waals surface area (Å²) in [4.78, 5) is 4.14. The molecule has 1 aromatic heterocycles. The Balaban J connectivity index is 2.79. The van der Waals surface area contributed by atoms with Crippen LogP contribution in [0.3, 0.4) is 0 Å². The highest BCUT2D eigenvalue weighted by atomic mass is 19.2. The fraction of sp³-hybridized carbons (Fsp3) is 0.462. The molecule has 1 aromatic carbocycles. The minimum atomic E-state index is -0.794. The fourth-order valence-corrected chi connectivity index (χ4v) is 1.96. The molecule has 17 heavy (non-hydrogen) atoms. The van der Waals surface area contributed by atoms with Crippen LogP contribution in [0.25, 0.3) is 11.0 Å². The molecular formula is C13H16F2N2. The lowest BCUT2D eigenvalue weighted by atomic mass is 10.0. The number of imidazole rings is 1. The monoisotopic (exact) mass is 238 g/mol. The summed E-state index contributed by atoms with van der Waals surface area (Å²) in [5.41, 5.74) is 1.15. The van der Waals surface area contributed by atoms with Crippen molar-refractivity contribution in [3.8, 4) is 0 Å². The van der Waals surface area contributed by atoms with Gasteiger partial charge in [0.15, 0.2) is 11.6 Å². The number of hydrogen-bond donors (Lipinski definition) is 0. The van der Waals surface area contributed by atoms with Crippen LogP contribution in [-0.2, 0) is 0 Å². The van der Waals surface area contributed by atoms with Crippen LogP contribution in [0.5, 0.6) is 0 Å². The molecule has 0 saturated heterocycles. The molecule has 0 saturated carbocycles. The maximum Gasteiger partial charge on any atom is 0.184 e. The first-order valence-corrected chi connectivity index (χ1v) is 5.78. The third-order valence-electron chi connectivity index (χ3n) is 2.95. The van der Waals surface area contributed by atoms with Crippen molar-refractivity contribution in [2.45, 2.75) is 39.7 Å². The topological polar surface area (TPSA) is 17.8 Å². The number of benzene rings is 1. The van der Waals surface area contributed by atoms with Gasteiger partial charge in [0.1, 0.15) is 5.52 Å². The summed E-state index contributed by atoms with van der Waals surface area (Å²) in [6.07, 6.45) is 1.56. The second-order valence-corrected chi connectivity index (χ2v) is 4.86. The van der Waals surface area contributed by atoms with Crippen LogP contribution >= 0.6 is 0 Å². The first-order chi connectivity index (χ1) is 7.93. The molecule has 0 unspecified atom stereocenters. The Kier molecular flexibility index (Phi) is 2.89. The Bertz CT molecular complexity index is 556. The van der Waals surface area contributed by atoms with Crippen molar-refractivity contribution < 1.29 is 8.78 Å². The van der Waals surface area contributed by atoms with Crippen molar-refractivity contribution in [3.63, 3.8) is 0 Å². The van der Waals surface area contributed by atoms with Crippen molar-refractivity contribution in [1.82, 2.24) is 9.55 Å². The summed E-state index contributed by atoms with van der Waals surface area (Å²) in [5.74, 6) is -1.61. The van der Waals surface area contributed by atoms with Crippen molar-refractivity contribution in [1.29, 1.82) is 0 Å². The summed E-state index contributed by atoms with van der Waals surface area (Å²) < 4.78 is 29.6. The molecule has 92 valence electrons. The van der Waals surface area contributed by atoms with E-state index in [0.717, 1.165) is 0 Å². The van der Waals surface area contributed by atoms with Crippen LogP contribution in [0.2, 0.25) is 0 Å². The number of halogens is 2. The number of rotatable bonds is 2. The van der Waals surface area contributed by atoms with Gasteiger partial charge in [0, 0.05) is 6.04 Å². The zero-order chi connectivity index (χ0) is 12.7. The van der Waals surface area contributed by atoms with Gasteiger partial charge >= 0.3 is 0 Å². The number of nitrogens with zero attached hydrogens (tertiary/aromatic N) is 2. The second-order valence-electron chi connectivity index (χ2n) is 4.86. The molecule has 0 bridgehead atoms. The molecule has 0 spiro atoms. The van der Waals surface area contributed by atoms with E-state index >= 15 is 0 Å². The van der Waals surface area contributed by atoms with E-state index in [1.54, 1.807) is 17.0 Å². The average molecular weight is 238 g/mol. The highest BCUT2D eigenvalue weighted by Gasteiger charge is 2.19. The molecule has 0 radical (unpaired) electrons. The normalized spacial score (nSPS) is 12.0. The van der Waals surface area contributed by atoms with E-state index in [2.05, 4.69) is 4.98 Å². The highest BCUT2D eigenvalue weighted by molar-refractivity contribution is 5.77. The number of hydrogen-bond acceptors (Lipinski definition) is 1. The molecule has 0 aliphatic heterocycles. The highest BCUT2D eigenvalue weighted by Crippen LogP contribution is 2.28. The third-order valence-corrected chi connectivity index (χ3v) is 2.95. The van der Waals surface area contributed by atoms with Crippen molar-refractivity contribution in [2.24, 2.45) is 0 Å². The summed E-state index contributed by atoms with van der Waals surface area (Å²) in [6.45, 7) is 7.50. The van der Waals surface area contributed by atoms with Gasteiger partial charge in [0.25, 0.3) is 0 Å². The molecule has 0 aliphatic rings. The lowest BCUT2D eigenvalue weighted by Gasteiger charge is -2.12. The van der Waals surface area contributed by atoms with Crippen LogP contribution in [0.4, 0.5) is 8.78 Å². The Morgan fingerprint density at radius 1 is 1.12 bits per heavy atom. The van der Waals surface area contributed by atoms with Crippen molar-refractivity contribution >= 4 is 11.0 Å². The van der Waals surface area contributed by atoms with E-state index in [-0.39, 0.29) is 17.5 Å². The quantitative estimate of drug-likeness (QED) is 0.772. The van der Waals surface area contributed by atoms with E-state index in [1.807, 2.05) is 27.7 Å². The van der Waals surface area contributed by atoms with Gasteiger partial charge in [0.05, 0.1) is 11.8 Å². The molecule has 2 rings (SSSR count). The van der Waals surface area contributed by atoms with Gasteiger partial charge in [-0.2, -0.15) is 0 Å². The van der Waals surface area contributed by atoms with Gasteiger partial charge in [-0.05, 0) is 31.4 Å². The van der Waals surface area contributed by atoms with Gasteiger partial charge < -0.3 is 4.57 Å². The molecule has 2 nitrogen and oxygen atoms in total. The molecule has 0 amide bonds. The third kappa shape index (κ3) is 1.81. The van der Waals surface area contributed by atoms with E-state index in [4.69, 9.17) is 0 Å². The summed E-state index contributed by atoms with van der Waals surface area (Å²) in [5, 5.41) is 0. The smallest absolute Gasteiger partial charge is 0.184 e. The average Bonchev–Trinajstić information content (AvgIpc) is 2.66. The molecule has 0 fully saturated rings. The minimum Gasteiger partial charge on any atom is -0.326 e. The van der Waals surface area contributed by atoms with E-state index in [9.17, 15) is 8.78 Å². The van der Waals surface area contributed by atoms with Crippen molar-refractivity contribution in [2.75, 3.05) is 0 Å². The van der Waals surface area contributed by atoms with Crippen LogP contribution in [0.1, 0.15) is 45.2 Å². The van der Waals surface area contributed by atoms with E-state index in [1.165, 1.54) is 0 Å². The SMILES string of the molecule is CC(C)c1cc2ncn(C(C)C)c2c(F)c1F. The van der Waals surface area contributed by atoms with E-state index < -0.39 is 11.6 Å². The maximum atomic E-state index is 14.0. The van der Waals surface area contributed by atoms with Gasteiger partial charge in [-0.1, -0.05) is 13.8 Å². The largest absolute Gasteiger partial charge is 0.326 e. The van der Waals surface area contributed by atoms with Crippen LogP contribution < -0.4 is 0 Å². The predicted octanol–water partition coefficient (Wildman–Crippen LogP) is 4.02. The van der Waals surface area contributed by atoms with Gasteiger partial charge in [-0.25, -0.2) is 13.8 Å². The minimum absolute atomic E-state index is 0.0544. The Morgan fingerprint density at radius 3 is 2.29 bits per heavy atom. The molecule has 1 heterocycles. The molecule has 2 aromatic rings. The zero-order valence-electron chi connectivity index (χ0n) is 10.5. The molecule has 0 N–H and O–H groups in total. The number of fused-ring (bicyclic) bond motifs is 1. The zero-order valence-corrected chi connectivity index (χ0v) is 10.5. The van der Waals surface area contributed by atoms with Gasteiger partial charge in [-0.3, -0.25) is 0 Å². The molecule has 0 aliphatic carbocycles. The van der Waals surface area contributed by atoms with E-state index in [0.29, 0.717) is 11.1 Å². The standard InChI is InChI=1S/C13H16F2N2/c1-7(2)9-5-10-13(12(15)11(9)14)17(6-16-10)8(3)4/h5-8H,1-4H3. The predicted molar refractivity (Wildman–Crippen MR) is 64.1 cm³/mol. The fourth-order valence-electron chi connectivity index (χ4n) is 1.96. The molecule has 4 heteroatoms. The molecule has 0 atom stereocenters. The summed E-state index contributed by atoms with van der Waals surface area (Å²) >= 11 is 0. The Morgan fingerprint density at radius 2 is 1.76 bits per heavy atom. The Labute approximate surface area is 99.3 Å². The van der Waals surface area contributed by atoms with Gasteiger partial charge in [0.2, 0.25) is 0 Å².